The molecule has 25 heavy (non-hydrogen) atoms. The van der Waals surface area contributed by atoms with Gasteiger partial charge in [-0.1, -0.05) is 12.8 Å². The zero-order valence-corrected chi connectivity index (χ0v) is 14.1. The average Bonchev–Trinajstić information content (AvgIpc) is 3.15. The number of nitrogens with one attached hydrogen (secondary N) is 1. The van der Waals surface area contributed by atoms with Crippen LogP contribution in [0.4, 0.5) is 5.95 Å². The fourth-order valence-electron chi connectivity index (χ4n) is 3.46. The van der Waals surface area contributed by atoms with Crippen molar-refractivity contribution in [3.63, 3.8) is 0 Å². The van der Waals surface area contributed by atoms with Crippen molar-refractivity contribution in [2.24, 2.45) is 0 Å². The zero-order valence-electron chi connectivity index (χ0n) is 14.1. The molecule has 0 spiro atoms. The summed E-state index contributed by atoms with van der Waals surface area (Å²) >= 11 is 0. The fourth-order valence-corrected chi connectivity index (χ4v) is 3.46. The van der Waals surface area contributed by atoms with E-state index in [0.29, 0.717) is 18.1 Å². The lowest BCUT2D eigenvalue weighted by molar-refractivity contribution is 0.515. The van der Waals surface area contributed by atoms with E-state index in [1.807, 2.05) is 11.5 Å². The highest BCUT2D eigenvalue weighted by molar-refractivity contribution is 5.79. The van der Waals surface area contributed by atoms with E-state index in [1.54, 1.807) is 30.9 Å². The average molecular weight is 336 g/mol. The molecule has 3 heterocycles. The van der Waals surface area contributed by atoms with Gasteiger partial charge in [0.15, 0.2) is 0 Å². The van der Waals surface area contributed by atoms with Gasteiger partial charge in [0.25, 0.3) is 5.56 Å². The van der Waals surface area contributed by atoms with Gasteiger partial charge in [0.05, 0.1) is 18.4 Å². The van der Waals surface area contributed by atoms with E-state index in [9.17, 15) is 4.79 Å². The molecule has 0 aliphatic heterocycles. The maximum absolute atomic E-state index is 12.6. The van der Waals surface area contributed by atoms with Gasteiger partial charge in [-0.15, -0.1) is 0 Å². The van der Waals surface area contributed by atoms with Crippen LogP contribution in [0.1, 0.15) is 43.0 Å². The van der Waals surface area contributed by atoms with Crippen molar-refractivity contribution >= 4 is 17.0 Å². The molecule has 7 nitrogen and oxygen atoms in total. The monoisotopic (exact) mass is 336 g/mol. The highest BCUT2D eigenvalue weighted by Gasteiger charge is 2.21. The molecule has 3 aromatic rings. The van der Waals surface area contributed by atoms with E-state index in [0.717, 1.165) is 42.3 Å². The van der Waals surface area contributed by atoms with Gasteiger partial charge in [-0.3, -0.25) is 19.3 Å². The second kappa shape index (κ2) is 6.58. The summed E-state index contributed by atoms with van der Waals surface area (Å²) in [6.45, 7) is 2.41. The molecule has 0 amide bonds. The number of aryl methyl sites for hydroxylation is 1. The minimum atomic E-state index is 0.0236. The minimum absolute atomic E-state index is 0.0236. The maximum atomic E-state index is 12.6. The molecule has 1 fully saturated rings. The molecular formula is C18H20N6O. The second-order valence-electron chi connectivity index (χ2n) is 6.46. The lowest BCUT2D eigenvalue weighted by atomic mass is 10.1. The van der Waals surface area contributed by atoms with Crippen LogP contribution in [0.15, 0.2) is 35.6 Å². The van der Waals surface area contributed by atoms with Gasteiger partial charge in [-0.2, -0.15) is 4.98 Å². The van der Waals surface area contributed by atoms with Gasteiger partial charge in [0, 0.05) is 36.1 Å². The van der Waals surface area contributed by atoms with Crippen LogP contribution < -0.4 is 10.9 Å². The molecule has 0 unspecified atom stereocenters. The number of nitrogens with zero attached hydrogens (tertiary/aromatic N) is 5. The molecule has 1 aliphatic carbocycles. The highest BCUT2D eigenvalue weighted by atomic mass is 16.1. The molecular weight excluding hydrogens is 316 g/mol. The van der Waals surface area contributed by atoms with E-state index >= 15 is 0 Å². The Kier molecular flexibility index (Phi) is 4.13. The number of hydrogen-bond donors (Lipinski definition) is 1. The van der Waals surface area contributed by atoms with Crippen molar-refractivity contribution in [3.8, 4) is 0 Å². The van der Waals surface area contributed by atoms with Crippen LogP contribution >= 0.6 is 0 Å². The van der Waals surface area contributed by atoms with E-state index in [4.69, 9.17) is 0 Å². The Morgan fingerprint density at radius 1 is 1.20 bits per heavy atom. The van der Waals surface area contributed by atoms with Crippen molar-refractivity contribution < 1.29 is 0 Å². The van der Waals surface area contributed by atoms with Crippen LogP contribution in [0.3, 0.4) is 0 Å². The number of anilines is 1. The number of fused-ring (bicyclic) bond motifs is 1. The molecule has 1 aliphatic rings. The van der Waals surface area contributed by atoms with Crippen molar-refractivity contribution in [2.75, 3.05) is 5.32 Å². The Morgan fingerprint density at radius 3 is 2.80 bits per heavy atom. The first-order valence-corrected chi connectivity index (χ1v) is 8.60. The molecule has 4 rings (SSSR count). The zero-order chi connectivity index (χ0) is 17.2. The quantitative estimate of drug-likeness (QED) is 0.788. The molecule has 7 heteroatoms. The molecule has 128 valence electrons. The standard InChI is InChI=1S/C18H20N6O/c1-12-8-16(25)24(14-4-2-3-5-14)17-15(12)11-22-18(23-17)21-10-13-9-19-6-7-20-13/h6-9,11,14H,2-5,10H2,1H3,(H,21,22,23). The lowest BCUT2D eigenvalue weighted by Gasteiger charge is -2.17. The molecule has 0 radical (unpaired) electrons. The van der Waals surface area contributed by atoms with Crippen molar-refractivity contribution in [2.45, 2.75) is 45.2 Å². The largest absolute Gasteiger partial charge is 0.348 e. The van der Waals surface area contributed by atoms with Gasteiger partial charge >= 0.3 is 0 Å². The van der Waals surface area contributed by atoms with E-state index < -0.39 is 0 Å². The summed E-state index contributed by atoms with van der Waals surface area (Å²) in [5.74, 6) is 0.495. The number of hydrogen-bond acceptors (Lipinski definition) is 6. The SMILES string of the molecule is Cc1cc(=O)n(C2CCCC2)c2nc(NCc3cnccn3)ncc12. The van der Waals surface area contributed by atoms with E-state index in [2.05, 4.69) is 25.3 Å². The molecule has 0 saturated heterocycles. The van der Waals surface area contributed by atoms with Crippen LogP contribution in [0.5, 0.6) is 0 Å². The Morgan fingerprint density at radius 2 is 2.04 bits per heavy atom. The molecule has 1 N–H and O–H groups in total. The Labute approximate surface area is 145 Å². The van der Waals surface area contributed by atoms with Gasteiger partial charge in [-0.25, -0.2) is 4.98 Å². The summed E-state index contributed by atoms with van der Waals surface area (Å²) in [7, 11) is 0. The third kappa shape index (κ3) is 3.09. The van der Waals surface area contributed by atoms with Gasteiger partial charge in [0.1, 0.15) is 5.65 Å². The fraction of sp³-hybridized carbons (Fsp3) is 0.389. The van der Waals surface area contributed by atoms with E-state index in [-0.39, 0.29) is 11.6 Å². The Hall–Kier alpha value is -2.83. The molecule has 0 bridgehead atoms. The minimum Gasteiger partial charge on any atom is -0.348 e. The van der Waals surface area contributed by atoms with E-state index in [1.165, 1.54) is 0 Å². The number of pyridine rings is 1. The molecule has 1 saturated carbocycles. The third-order valence-electron chi connectivity index (χ3n) is 4.73. The Balaban J connectivity index is 1.73. The molecule has 0 aromatic carbocycles. The van der Waals surface area contributed by atoms with Crippen LogP contribution in [0.25, 0.3) is 11.0 Å². The first-order chi connectivity index (χ1) is 12.2. The summed E-state index contributed by atoms with van der Waals surface area (Å²) in [6, 6.07) is 1.93. The third-order valence-corrected chi connectivity index (χ3v) is 4.73. The number of aromatic nitrogens is 5. The number of rotatable bonds is 4. The van der Waals surface area contributed by atoms with Gasteiger partial charge in [-0.05, 0) is 25.3 Å². The van der Waals surface area contributed by atoms with Crippen molar-refractivity contribution in [3.05, 3.63) is 52.5 Å². The van der Waals surface area contributed by atoms with Gasteiger partial charge in [0.2, 0.25) is 5.95 Å². The molecule has 3 aromatic heterocycles. The summed E-state index contributed by atoms with van der Waals surface area (Å²) in [5.41, 5.74) is 2.46. The van der Waals surface area contributed by atoms with Crippen LogP contribution in [0, 0.1) is 6.92 Å². The first kappa shape index (κ1) is 15.7. The Bertz CT molecular complexity index is 947. The van der Waals surface area contributed by atoms with Gasteiger partial charge < -0.3 is 5.32 Å². The molecule has 0 atom stereocenters. The summed E-state index contributed by atoms with van der Waals surface area (Å²) < 4.78 is 1.85. The van der Waals surface area contributed by atoms with Crippen molar-refractivity contribution in [1.29, 1.82) is 0 Å². The topological polar surface area (TPSA) is 85.6 Å². The van der Waals surface area contributed by atoms with Crippen LogP contribution in [-0.4, -0.2) is 24.5 Å². The normalized spacial score (nSPS) is 14.9. The predicted molar refractivity (Wildman–Crippen MR) is 95.4 cm³/mol. The summed E-state index contributed by atoms with van der Waals surface area (Å²) in [5, 5.41) is 4.10. The van der Waals surface area contributed by atoms with Crippen molar-refractivity contribution in [1.82, 2.24) is 24.5 Å². The van der Waals surface area contributed by atoms with Crippen LogP contribution in [0.2, 0.25) is 0 Å². The van der Waals surface area contributed by atoms with Crippen LogP contribution in [-0.2, 0) is 6.54 Å². The summed E-state index contributed by atoms with van der Waals surface area (Å²) in [4.78, 5) is 29.9. The summed E-state index contributed by atoms with van der Waals surface area (Å²) in [6.07, 6.45) is 11.2. The second-order valence-corrected chi connectivity index (χ2v) is 6.46. The first-order valence-electron chi connectivity index (χ1n) is 8.60. The predicted octanol–water partition coefficient (Wildman–Crippen LogP) is 2.62. The maximum Gasteiger partial charge on any atom is 0.252 e. The smallest absolute Gasteiger partial charge is 0.252 e. The highest BCUT2D eigenvalue weighted by Crippen LogP contribution is 2.30. The lowest BCUT2D eigenvalue weighted by Crippen LogP contribution is -2.24.